The van der Waals surface area contributed by atoms with E-state index in [1.165, 1.54) is 5.56 Å². The van der Waals surface area contributed by atoms with Gasteiger partial charge in [0, 0.05) is 30.4 Å². The summed E-state index contributed by atoms with van der Waals surface area (Å²) in [7, 11) is 0. The molecule has 1 aromatic carbocycles. The highest BCUT2D eigenvalue weighted by atomic mass is 32.2. The van der Waals surface area contributed by atoms with Crippen LogP contribution in [-0.4, -0.2) is 17.3 Å². The molecule has 0 aliphatic rings. The van der Waals surface area contributed by atoms with Gasteiger partial charge in [0.25, 0.3) is 0 Å². The Hall–Kier alpha value is -0.840. The van der Waals surface area contributed by atoms with Gasteiger partial charge in [0.2, 0.25) is 0 Å². The highest BCUT2D eigenvalue weighted by molar-refractivity contribution is 8.01. The molecule has 0 amide bonds. The Morgan fingerprint density at radius 3 is 2.88 bits per heavy atom. The van der Waals surface area contributed by atoms with Gasteiger partial charge >= 0.3 is 0 Å². The second-order valence-electron chi connectivity index (χ2n) is 3.31. The van der Waals surface area contributed by atoms with Gasteiger partial charge in [-0.05, 0) is 5.56 Å². The maximum atomic E-state index is 4.23. The molecule has 2 nitrogen and oxygen atoms in total. The van der Waals surface area contributed by atoms with Crippen molar-refractivity contribution in [3.05, 3.63) is 47.5 Å². The zero-order valence-corrected chi connectivity index (χ0v) is 10.6. The van der Waals surface area contributed by atoms with Crippen LogP contribution >= 0.6 is 23.1 Å². The third-order valence-corrected chi connectivity index (χ3v) is 4.05. The number of benzene rings is 1. The highest BCUT2D eigenvalue weighted by Gasteiger charge is 1.95. The summed E-state index contributed by atoms with van der Waals surface area (Å²) < 4.78 is 1.15. The summed E-state index contributed by atoms with van der Waals surface area (Å²) in [5.41, 5.74) is 1.33. The molecule has 1 N–H and O–H groups in total. The van der Waals surface area contributed by atoms with E-state index in [-0.39, 0.29) is 0 Å². The predicted octanol–water partition coefficient (Wildman–Crippen LogP) is 3.03. The Morgan fingerprint density at radius 1 is 1.25 bits per heavy atom. The van der Waals surface area contributed by atoms with E-state index in [2.05, 4.69) is 34.6 Å². The summed E-state index contributed by atoms with van der Waals surface area (Å²) >= 11 is 3.51. The van der Waals surface area contributed by atoms with Crippen molar-refractivity contribution in [3.63, 3.8) is 0 Å². The quantitative estimate of drug-likeness (QED) is 0.630. The van der Waals surface area contributed by atoms with E-state index in [1.807, 2.05) is 29.4 Å². The number of thioether (sulfide) groups is 1. The molecule has 2 rings (SSSR count). The molecule has 0 aliphatic carbocycles. The first-order chi connectivity index (χ1) is 7.95. The van der Waals surface area contributed by atoms with Gasteiger partial charge in [0.1, 0.15) is 4.34 Å². The van der Waals surface area contributed by atoms with Crippen LogP contribution in [0.1, 0.15) is 5.56 Å². The summed E-state index contributed by atoms with van der Waals surface area (Å²) in [5.74, 6) is 1.07. The van der Waals surface area contributed by atoms with Crippen LogP contribution in [0.5, 0.6) is 0 Å². The van der Waals surface area contributed by atoms with Gasteiger partial charge in [0.05, 0.1) is 0 Å². The lowest BCUT2D eigenvalue weighted by Gasteiger charge is -2.03. The van der Waals surface area contributed by atoms with Crippen LogP contribution in [0.15, 0.2) is 46.2 Å². The van der Waals surface area contributed by atoms with E-state index in [9.17, 15) is 0 Å². The summed E-state index contributed by atoms with van der Waals surface area (Å²) in [4.78, 5) is 4.23. The van der Waals surface area contributed by atoms with Crippen molar-refractivity contribution in [3.8, 4) is 0 Å². The summed E-state index contributed by atoms with van der Waals surface area (Å²) in [6.07, 6.45) is 1.85. The first kappa shape index (κ1) is 11.6. The molecule has 0 saturated heterocycles. The monoisotopic (exact) mass is 250 g/mol. The number of aromatic nitrogens is 1. The van der Waals surface area contributed by atoms with Crippen molar-refractivity contribution in [2.45, 2.75) is 10.9 Å². The molecule has 0 saturated carbocycles. The van der Waals surface area contributed by atoms with Crippen LogP contribution in [0, 0.1) is 0 Å². The smallest absolute Gasteiger partial charge is 0.149 e. The van der Waals surface area contributed by atoms with Crippen molar-refractivity contribution in [2.24, 2.45) is 0 Å². The summed E-state index contributed by atoms with van der Waals surface area (Å²) in [6, 6.07) is 10.5. The Balaban J connectivity index is 1.59. The van der Waals surface area contributed by atoms with Gasteiger partial charge in [-0.3, -0.25) is 0 Å². The fourth-order valence-corrected chi connectivity index (χ4v) is 2.93. The summed E-state index contributed by atoms with van der Waals surface area (Å²) in [6.45, 7) is 1.96. The molecular formula is C12H14N2S2. The largest absolute Gasteiger partial charge is 0.312 e. The molecule has 0 aliphatic heterocycles. The molecule has 1 heterocycles. The van der Waals surface area contributed by atoms with E-state index in [0.717, 1.165) is 23.2 Å². The van der Waals surface area contributed by atoms with Crippen LogP contribution < -0.4 is 5.32 Å². The fourth-order valence-electron chi connectivity index (χ4n) is 1.32. The molecule has 0 unspecified atom stereocenters. The normalized spacial score (nSPS) is 10.5. The molecule has 4 heteroatoms. The third-order valence-electron chi connectivity index (χ3n) is 2.09. The van der Waals surface area contributed by atoms with E-state index < -0.39 is 0 Å². The number of thiazole rings is 1. The predicted molar refractivity (Wildman–Crippen MR) is 71.0 cm³/mol. The lowest BCUT2D eigenvalue weighted by atomic mass is 10.2. The average molecular weight is 250 g/mol. The van der Waals surface area contributed by atoms with E-state index in [1.54, 1.807) is 11.3 Å². The molecule has 0 bridgehead atoms. The highest BCUT2D eigenvalue weighted by Crippen LogP contribution is 2.19. The van der Waals surface area contributed by atoms with Crippen LogP contribution in [-0.2, 0) is 6.54 Å². The third kappa shape index (κ3) is 3.96. The van der Waals surface area contributed by atoms with Crippen molar-refractivity contribution < 1.29 is 0 Å². The van der Waals surface area contributed by atoms with Crippen molar-refractivity contribution >= 4 is 23.1 Å². The Labute approximate surface area is 104 Å². The Morgan fingerprint density at radius 2 is 2.12 bits per heavy atom. The Bertz CT molecular complexity index is 387. The average Bonchev–Trinajstić information content (AvgIpc) is 2.83. The number of hydrogen-bond donors (Lipinski definition) is 1. The fraction of sp³-hybridized carbons (Fsp3) is 0.250. The maximum Gasteiger partial charge on any atom is 0.149 e. The molecule has 16 heavy (non-hydrogen) atoms. The zero-order valence-electron chi connectivity index (χ0n) is 8.93. The van der Waals surface area contributed by atoms with Gasteiger partial charge in [-0.1, -0.05) is 42.1 Å². The number of hydrogen-bond acceptors (Lipinski definition) is 4. The number of rotatable bonds is 6. The minimum atomic E-state index is 0.944. The molecule has 0 fully saturated rings. The van der Waals surface area contributed by atoms with Gasteiger partial charge in [-0.2, -0.15) is 0 Å². The minimum absolute atomic E-state index is 0.944. The molecule has 0 spiro atoms. The molecule has 1 aromatic heterocycles. The lowest BCUT2D eigenvalue weighted by Crippen LogP contribution is -2.16. The van der Waals surface area contributed by atoms with Gasteiger partial charge in [-0.25, -0.2) is 4.98 Å². The van der Waals surface area contributed by atoms with Crippen molar-refractivity contribution in [2.75, 3.05) is 12.3 Å². The Kier molecular flexibility index (Phi) is 4.86. The minimum Gasteiger partial charge on any atom is -0.312 e. The molecule has 0 radical (unpaired) electrons. The first-order valence-corrected chi connectivity index (χ1v) is 7.08. The van der Waals surface area contributed by atoms with E-state index >= 15 is 0 Å². The topological polar surface area (TPSA) is 24.9 Å². The van der Waals surface area contributed by atoms with E-state index in [0.29, 0.717) is 0 Å². The molecule has 0 atom stereocenters. The van der Waals surface area contributed by atoms with Crippen LogP contribution in [0.4, 0.5) is 0 Å². The maximum absolute atomic E-state index is 4.23. The van der Waals surface area contributed by atoms with Gasteiger partial charge < -0.3 is 5.32 Å². The zero-order chi connectivity index (χ0) is 11.1. The molecule has 84 valence electrons. The second kappa shape index (κ2) is 6.68. The van der Waals surface area contributed by atoms with Crippen molar-refractivity contribution in [1.29, 1.82) is 0 Å². The van der Waals surface area contributed by atoms with E-state index in [4.69, 9.17) is 0 Å². The second-order valence-corrected chi connectivity index (χ2v) is 5.55. The SMILES string of the molecule is c1ccc(CNCCSc2nccs2)cc1. The standard InChI is InChI=1S/C12H14N2S2/c1-2-4-11(5-3-1)10-13-6-8-15-12-14-7-9-16-12/h1-5,7,9,13H,6,8,10H2. The van der Waals surface area contributed by atoms with Crippen LogP contribution in [0.3, 0.4) is 0 Å². The molecule has 2 aromatic rings. The van der Waals surface area contributed by atoms with Gasteiger partial charge in [-0.15, -0.1) is 11.3 Å². The van der Waals surface area contributed by atoms with Crippen molar-refractivity contribution in [1.82, 2.24) is 10.3 Å². The summed E-state index contributed by atoms with van der Waals surface area (Å²) in [5, 5.41) is 5.43. The van der Waals surface area contributed by atoms with Gasteiger partial charge in [0.15, 0.2) is 0 Å². The van der Waals surface area contributed by atoms with Crippen LogP contribution in [0.2, 0.25) is 0 Å². The number of nitrogens with one attached hydrogen (secondary N) is 1. The first-order valence-electron chi connectivity index (χ1n) is 5.22. The number of nitrogens with zero attached hydrogens (tertiary/aromatic N) is 1. The van der Waals surface area contributed by atoms with Crippen LogP contribution in [0.25, 0.3) is 0 Å². The lowest BCUT2D eigenvalue weighted by molar-refractivity contribution is 0.732. The molecular weight excluding hydrogens is 236 g/mol.